The lowest BCUT2D eigenvalue weighted by Crippen LogP contribution is -2.28. The first-order valence-corrected chi connectivity index (χ1v) is 1.85. The van der Waals surface area contributed by atoms with E-state index in [9.17, 15) is 0 Å². The fraction of sp³-hybridized carbons (Fsp3) is 0.500. The van der Waals surface area contributed by atoms with Gasteiger partial charge in [-0.2, -0.15) is 0 Å². The minimum Gasteiger partial charge on any atom is -0.386 e. The first kappa shape index (κ1) is 3.84. The average Bonchev–Trinajstić information content (AvgIpc) is 1.61. The van der Waals surface area contributed by atoms with Crippen LogP contribution in [-0.4, -0.2) is 22.4 Å². The fourth-order valence-electron chi connectivity index (χ4n) is 0.310. The lowest BCUT2D eigenvalue weighted by Gasteiger charge is -2.17. The van der Waals surface area contributed by atoms with Crippen molar-refractivity contribution in [3.05, 3.63) is 12.2 Å². The zero-order chi connectivity index (χ0) is 4.57. The van der Waals surface area contributed by atoms with E-state index in [1.165, 1.54) is 0 Å². The Balaban J connectivity index is 2.45. The smallest absolute Gasteiger partial charge is 0.102 e. The summed E-state index contributed by atoms with van der Waals surface area (Å²) < 4.78 is 0. The molecule has 1 aliphatic rings. The highest BCUT2D eigenvalue weighted by atomic mass is 16.3. The van der Waals surface area contributed by atoms with Crippen LogP contribution in [0, 0.1) is 0 Å². The van der Waals surface area contributed by atoms with Crippen LogP contribution in [0.2, 0.25) is 0 Å². The molecule has 2 heteroatoms. The van der Waals surface area contributed by atoms with Gasteiger partial charge in [-0.3, -0.25) is 0 Å². The van der Waals surface area contributed by atoms with Crippen molar-refractivity contribution in [3.63, 3.8) is 0 Å². The van der Waals surface area contributed by atoms with Gasteiger partial charge in [0.2, 0.25) is 0 Å². The number of hydrogen-bond acceptors (Lipinski definition) is 2. The molecule has 0 radical (unpaired) electrons. The highest BCUT2D eigenvalue weighted by molar-refractivity contribution is 5.10. The summed E-state index contributed by atoms with van der Waals surface area (Å²) in [5.41, 5.74) is 0. The van der Waals surface area contributed by atoms with Crippen LogP contribution in [0.15, 0.2) is 12.2 Å². The molecule has 2 N–H and O–H groups in total. The summed E-state index contributed by atoms with van der Waals surface area (Å²) in [5.74, 6) is 0. The average molecular weight is 86.1 g/mol. The zero-order valence-corrected chi connectivity index (χ0v) is 3.20. The van der Waals surface area contributed by atoms with Crippen LogP contribution in [0.5, 0.6) is 0 Å². The van der Waals surface area contributed by atoms with Crippen LogP contribution in [0.25, 0.3) is 0 Å². The second-order valence-corrected chi connectivity index (χ2v) is 1.37. The van der Waals surface area contributed by atoms with Gasteiger partial charge >= 0.3 is 0 Å². The summed E-state index contributed by atoms with van der Waals surface area (Å²) in [6.07, 6.45) is 1.91. The van der Waals surface area contributed by atoms with Gasteiger partial charge in [-0.1, -0.05) is 12.2 Å². The van der Waals surface area contributed by atoms with Gasteiger partial charge in [0.05, 0.1) is 0 Å². The van der Waals surface area contributed by atoms with Crippen molar-refractivity contribution in [2.45, 2.75) is 12.2 Å². The molecule has 0 saturated carbocycles. The molecule has 0 saturated heterocycles. The van der Waals surface area contributed by atoms with Crippen LogP contribution in [0.4, 0.5) is 0 Å². The van der Waals surface area contributed by atoms with Gasteiger partial charge in [0.1, 0.15) is 12.2 Å². The maximum absolute atomic E-state index is 8.38. The molecule has 0 bridgehead atoms. The van der Waals surface area contributed by atoms with Crippen molar-refractivity contribution in [3.8, 4) is 0 Å². The maximum atomic E-state index is 8.38. The van der Waals surface area contributed by atoms with E-state index in [1.54, 1.807) is 12.2 Å². The minimum atomic E-state index is -0.593. The molecule has 0 aromatic carbocycles. The molecule has 0 heterocycles. The number of aliphatic hydroxyl groups is 2. The molecule has 0 aromatic rings. The number of aliphatic hydroxyl groups excluding tert-OH is 2. The summed E-state index contributed by atoms with van der Waals surface area (Å²) in [6, 6.07) is 0. The van der Waals surface area contributed by atoms with Crippen molar-refractivity contribution in [1.82, 2.24) is 0 Å². The standard InChI is InChI=1S/C4H6O2/c5-3-1-2-4(3)6/h1-6H. The third-order valence-electron chi connectivity index (χ3n) is 0.855. The molecule has 2 nitrogen and oxygen atoms in total. The van der Waals surface area contributed by atoms with Gasteiger partial charge in [-0.05, 0) is 0 Å². The summed E-state index contributed by atoms with van der Waals surface area (Å²) in [6.45, 7) is 0. The van der Waals surface area contributed by atoms with Crippen LogP contribution >= 0.6 is 0 Å². The SMILES string of the molecule is OC1C=CC1O. The molecule has 0 aliphatic heterocycles. The second kappa shape index (κ2) is 1.06. The molecule has 2 unspecified atom stereocenters. The Hall–Kier alpha value is -0.340. The lowest BCUT2D eigenvalue weighted by molar-refractivity contribution is 0.0597. The highest BCUT2D eigenvalue weighted by Gasteiger charge is 2.16. The van der Waals surface area contributed by atoms with E-state index in [1.807, 2.05) is 0 Å². The molecular formula is C4H6O2. The molecule has 2 atom stereocenters. The van der Waals surface area contributed by atoms with Crippen LogP contribution < -0.4 is 0 Å². The van der Waals surface area contributed by atoms with E-state index in [0.29, 0.717) is 0 Å². The molecule has 0 fully saturated rings. The van der Waals surface area contributed by atoms with Gasteiger partial charge in [0.15, 0.2) is 0 Å². The Morgan fingerprint density at radius 1 is 1.00 bits per heavy atom. The van der Waals surface area contributed by atoms with E-state index < -0.39 is 12.2 Å². The summed E-state index contributed by atoms with van der Waals surface area (Å²) in [5, 5.41) is 16.8. The Morgan fingerprint density at radius 3 is 1.33 bits per heavy atom. The van der Waals surface area contributed by atoms with Crippen molar-refractivity contribution in [2.75, 3.05) is 0 Å². The second-order valence-electron chi connectivity index (χ2n) is 1.37. The lowest BCUT2D eigenvalue weighted by atomic mass is 10.0. The molecule has 0 spiro atoms. The monoisotopic (exact) mass is 86.0 g/mol. The van der Waals surface area contributed by atoms with Gasteiger partial charge in [-0.25, -0.2) is 0 Å². The Labute approximate surface area is 35.7 Å². The first-order valence-electron chi connectivity index (χ1n) is 1.85. The fourth-order valence-corrected chi connectivity index (χ4v) is 0.310. The summed E-state index contributed by atoms with van der Waals surface area (Å²) >= 11 is 0. The van der Waals surface area contributed by atoms with Crippen LogP contribution in [0.1, 0.15) is 0 Å². The van der Waals surface area contributed by atoms with Gasteiger partial charge in [0, 0.05) is 0 Å². The maximum Gasteiger partial charge on any atom is 0.102 e. The van der Waals surface area contributed by atoms with E-state index in [4.69, 9.17) is 10.2 Å². The largest absolute Gasteiger partial charge is 0.386 e. The molecule has 0 aromatic heterocycles. The summed E-state index contributed by atoms with van der Waals surface area (Å²) in [7, 11) is 0. The molecule has 1 aliphatic carbocycles. The van der Waals surface area contributed by atoms with E-state index in [-0.39, 0.29) is 0 Å². The zero-order valence-electron chi connectivity index (χ0n) is 3.20. The van der Waals surface area contributed by atoms with Crippen molar-refractivity contribution < 1.29 is 10.2 Å². The van der Waals surface area contributed by atoms with Crippen molar-refractivity contribution in [1.29, 1.82) is 0 Å². The summed E-state index contributed by atoms with van der Waals surface area (Å²) in [4.78, 5) is 0. The predicted octanol–water partition coefficient (Wildman–Crippen LogP) is -0.722. The predicted molar refractivity (Wildman–Crippen MR) is 21.2 cm³/mol. The quantitative estimate of drug-likeness (QED) is 0.382. The van der Waals surface area contributed by atoms with Gasteiger partial charge in [0.25, 0.3) is 0 Å². The van der Waals surface area contributed by atoms with Crippen molar-refractivity contribution >= 4 is 0 Å². The number of rotatable bonds is 0. The minimum absolute atomic E-state index is 0.593. The first-order chi connectivity index (χ1) is 2.80. The third-order valence-corrected chi connectivity index (χ3v) is 0.855. The van der Waals surface area contributed by atoms with Crippen molar-refractivity contribution in [2.24, 2.45) is 0 Å². The van der Waals surface area contributed by atoms with Gasteiger partial charge < -0.3 is 10.2 Å². The molecular weight excluding hydrogens is 80.0 g/mol. The van der Waals surface area contributed by atoms with E-state index >= 15 is 0 Å². The van der Waals surface area contributed by atoms with E-state index in [0.717, 1.165) is 0 Å². The number of hydrogen-bond donors (Lipinski definition) is 2. The Bertz CT molecular complexity index is 67.6. The molecule has 0 amide bonds. The Morgan fingerprint density at radius 2 is 1.33 bits per heavy atom. The van der Waals surface area contributed by atoms with Crippen LogP contribution in [0.3, 0.4) is 0 Å². The molecule has 1 rings (SSSR count). The van der Waals surface area contributed by atoms with Crippen LogP contribution in [-0.2, 0) is 0 Å². The third kappa shape index (κ3) is 0.345. The van der Waals surface area contributed by atoms with E-state index in [2.05, 4.69) is 0 Å². The topological polar surface area (TPSA) is 40.5 Å². The molecule has 34 valence electrons. The highest BCUT2D eigenvalue weighted by Crippen LogP contribution is 2.06. The Kier molecular flexibility index (Phi) is 0.680. The molecule has 6 heavy (non-hydrogen) atoms. The van der Waals surface area contributed by atoms with Gasteiger partial charge in [-0.15, -0.1) is 0 Å². The normalized spacial score (nSPS) is 42.3.